The van der Waals surface area contributed by atoms with Crippen LogP contribution in [-0.2, 0) is 19.1 Å². The van der Waals surface area contributed by atoms with Crippen molar-refractivity contribution in [3.8, 4) is 0 Å². The molecule has 1 aromatic carbocycles. The van der Waals surface area contributed by atoms with E-state index < -0.39 is 11.9 Å². The summed E-state index contributed by atoms with van der Waals surface area (Å²) in [6.07, 6.45) is 4.63. The fraction of sp³-hybridized carbons (Fsp3) is 0.316. The van der Waals surface area contributed by atoms with Gasteiger partial charge < -0.3 is 20.3 Å². The van der Waals surface area contributed by atoms with E-state index in [-0.39, 0.29) is 18.9 Å². The van der Waals surface area contributed by atoms with E-state index in [0.717, 1.165) is 12.1 Å². The van der Waals surface area contributed by atoms with E-state index in [1.807, 2.05) is 6.07 Å². The Morgan fingerprint density at radius 3 is 2.75 bits per heavy atom. The molecule has 146 valence electrons. The van der Waals surface area contributed by atoms with Crippen LogP contribution in [-0.4, -0.2) is 47.4 Å². The first-order chi connectivity index (χ1) is 13.6. The minimum absolute atomic E-state index is 0.0759. The van der Waals surface area contributed by atoms with Crippen molar-refractivity contribution in [2.24, 2.45) is 0 Å². The van der Waals surface area contributed by atoms with Crippen LogP contribution in [0, 0.1) is 0 Å². The van der Waals surface area contributed by atoms with Crippen LogP contribution in [0.3, 0.4) is 0 Å². The molecule has 28 heavy (non-hydrogen) atoms. The topological polar surface area (TPSA) is 114 Å². The number of nitrogens with one attached hydrogen (secondary N) is 2. The third kappa shape index (κ3) is 5.50. The summed E-state index contributed by atoms with van der Waals surface area (Å²) in [7, 11) is 0. The maximum Gasteiger partial charge on any atom is 0.308 e. The number of aromatic nitrogens is 2. The number of hydrogen-bond acceptors (Lipinski definition) is 7. The predicted molar refractivity (Wildman–Crippen MR) is 103 cm³/mol. The number of amides is 2. The second-order valence-electron chi connectivity index (χ2n) is 6.16. The van der Waals surface area contributed by atoms with Gasteiger partial charge in [-0.2, -0.15) is 0 Å². The Kier molecular flexibility index (Phi) is 6.50. The predicted octanol–water partition coefficient (Wildman–Crippen LogP) is 1.59. The lowest BCUT2D eigenvalue weighted by Crippen LogP contribution is -2.24. The van der Waals surface area contributed by atoms with E-state index in [1.165, 1.54) is 0 Å². The minimum Gasteiger partial charge on any atom is -0.456 e. The molecule has 2 N–H and O–H groups in total. The van der Waals surface area contributed by atoms with Crippen LogP contribution in [0.5, 0.6) is 0 Å². The Labute approximate surface area is 162 Å². The molecular weight excluding hydrogens is 362 g/mol. The van der Waals surface area contributed by atoms with Gasteiger partial charge in [0.2, 0.25) is 11.9 Å². The Morgan fingerprint density at radius 2 is 2.00 bits per heavy atom. The van der Waals surface area contributed by atoms with E-state index in [0.29, 0.717) is 31.1 Å². The second-order valence-corrected chi connectivity index (χ2v) is 6.16. The molecule has 2 aromatic rings. The first-order valence-corrected chi connectivity index (χ1v) is 8.98. The molecule has 0 bridgehead atoms. The summed E-state index contributed by atoms with van der Waals surface area (Å²) >= 11 is 0. The van der Waals surface area contributed by atoms with Gasteiger partial charge in [-0.1, -0.05) is 6.07 Å². The van der Waals surface area contributed by atoms with Crippen molar-refractivity contribution in [1.29, 1.82) is 0 Å². The van der Waals surface area contributed by atoms with Crippen molar-refractivity contribution in [3.05, 3.63) is 42.7 Å². The second kappa shape index (κ2) is 9.45. The SMILES string of the molecule is O=C(COC(=O)CCNc1ncccn1)Nc1cccc(N2CCCC2=O)c1. The fourth-order valence-corrected chi connectivity index (χ4v) is 2.75. The zero-order chi connectivity index (χ0) is 19.8. The Balaban J connectivity index is 1.40. The average molecular weight is 383 g/mol. The lowest BCUT2D eigenvalue weighted by atomic mass is 10.2. The van der Waals surface area contributed by atoms with Crippen LogP contribution in [0.25, 0.3) is 0 Å². The van der Waals surface area contributed by atoms with Gasteiger partial charge >= 0.3 is 5.97 Å². The van der Waals surface area contributed by atoms with Crippen LogP contribution in [0.2, 0.25) is 0 Å². The molecule has 2 heterocycles. The summed E-state index contributed by atoms with van der Waals surface area (Å²) in [5.41, 5.74) is 1.28. The number of carbonyl (C=O) groups is 3. The highest BCUT2D eigenvalue weighted by Crippen LogP contribution is 2.24. The molecule has 0 atom stereocenters. The summed E-state index contributed by atoms with van der Waals surface area (Å²) in [5.74, 6) is -0.455. The van der Waals surface area contributed by atoms with Crippen molar-refractivity contribution < 1.29 is 19.1 Å². The van der Waals surface area contributed by atoms with Gasteiger partial charge in [-0.25, -0.2) is 9.97 Å². The third-order valence-electron chi connectivity index (χ3n) is 4.06. The van der Waals surface area contributed by atoms with E-state index >= 15 is 0 Å². The number of rotatable bonds is 8. The van der Waals surface area contributed by atoms with Crippen LogP contribution < -0.4 is 15.5 Å². The zero-order valence-corrected chi connectivity index (χ0v) is 15.3. The lowest BCUT2D eigenvalue weighted by molar-refractivity contribution is -0.147. The molecule has 0 spiro atoms. The number of carbonyl (C=O) groups excluding carboxylic acids is 3. The highest BCUT2D eigenvalue weighted by atomic mass is 16.5. The zero-order valence-electron chi connectivity index (χ0n) is 15.3. The molecule has 9 heteroatoms. The summed E-state index contributed by atoms with van der Waals surface area (Å²) in [5, 5.41) is 5.55. The molecule has 3 rings (SSSR count). The number of nitrogens with zero attached hydrogens (tertiary/aromatic N) is 3. The Bertz CT molecular complexity index is 843. The summed E-state index contributed by atoms with van der Waals surface area (Å²) in [4.78, 5) is 45.2. The van der Waals surface area contributed by atoms with Crippen molar-refractivity contribution in [2.45, 2.75) is 19.3 Å². The van der Waals surface area contributed by atoms with Gasteiger partial charge in [-0.3, -0.25) is 14.4 Å². The van der Waals surface area contributed by atoms with Crippen molar-refractivity contribution in [2.75, 3.05) is 35.2 Å². The van der Waals surface area contributed by atoms with E-state index in [1.54, 1.807) is 41.6 Å². The lowest BCUT2D eigenvalue weighted by Gasteiger charge is -2.16. The fourth-order valence-electron chi connectivity index (χ4n) is 2.75. The quantitative estimate of drug-likeness (QED) is 0.666. The third-order valence-corrected chi connectivity index (χ3v) is 4.06. The maximum absolute atomic E-state index is 12.0. The van der Waals surface area contributed by atoms with Crippen molar-refractivity contribution in [3.63, 3.8) is 0 Å². The van der Waals surface area contributed by atoms with Gasteiger partial charge in [0.05, 0.1) is 6.42 Å². The van der Waals surface area contributed by atoms with Gasteiger partial charge in [-0.05, 0) is 30.7 Å². The molecule has 0 radical (unpaired) electrons. The molecular formula is C19H21N5O4. The standard InChI is InChI=1S/C19H21N5O4/c25-16(13-28-18(27)7-10-22-19-20-8-3-9-21-19)23-14-4-1-5-15(12-14)24-11-2-6-17(24)26/h1,3-5,8-9,12H,2,6-7,10-11,13H2,(H,23,25)(H,20,21,22). The van der Waals surface area contributed by atoms with Crippen LogP contribution >= 0.6 is 0 Å². The number of hydrogen-bond donors (Lipinski definition) is 2. The van der Waals surface area contributed by atoms with Gasteiger partial charge in [0.25, 0.3) is 5.91 Å². The van der Waals surface area contributed by atoms with Gasteiger partial charge in [0.1, 0.15) is 0 Å². The highest BCUT2D eigenvalue weighted by Gasteiger charge is 2.21. The number of ether oxygens (including phenoxy) is 1. The first kappa shape index (κ1) is 19.3. The molecule has 1 saturated heterocycles. The first-order valence-electron chi connectivity index (χ1n) is 8.98. The summed E-state index contributed by atoms with van der Waals surface area (Å²) in [6, 6.07) is 8.72. The van der Waals surface area contributed by atoms with Gasteiger partial charge in [-0.15, -0.1) is 0 Å². The largest absolute Gasteiger partial charge is 0.456 e. The number of benzene rings is 1. The molecule has 0 saturated carbocycles. The summed E-state index contributed by atoms with van der Waals surface area (Å²) < 4.78 is 4.96. The normalized spacial score (nSPS) is 13.3. The van der Waals surface area contributed by atoms with Crippen LogP contribution in [0.4, 0.5) is 17.3 Å². The molecule has 9 nitrogen and oxygen atoms in total. The van der Waals surface area contributed by atoms with Crippen LogP contribution in [0.15, 0.2) is 42.7 Å². The molecule has 0 unspecified atom stereocenters. The highest BCUT2D eigenvalue weighted by molar-refractivity contribution is 5.97. The van der Waals surface area contributed by atoms with Crippen molar-refractivity contribution >= 4 is 35.1 Å². The molecule has 1 aromatic heterocycles. The van der Waals surface area contributed by atoms with Crippen LogP contribution in [0.1, 0.15) is 19.3 Å². The molecule has 1 aliphatic rings. The number of anilines is 3. The van der Waals surface area contributed by atoms with E-state index in [2.05, 4.69) is 20.6 Å². The van der Waals surface area contributed by atoms with Gasteiger partial charge in [0, 0.05) is 43.3 Å². The van der Waals surface area contributed by atoms with Crippen molar-refractivity contribution in [1.82, 2.24) is 9.97 Å². The number of esters is 1. The van der Waals surface area contributed by atoms with E-state index in [9.17, 15) is 14.4 Å². The Morgan fingerprint density at radius 1 is 1.18 bits per heavy atom. The molecule has 0 aliphatic carbocycles. The molecule has 1 aliphatic heterocycles. The maximum atomic E-state index is 12.0. The minimum atomic E-state index is -0.505. The average Bonchev–Trinajstić information content (AvgIpc) is 3.13. The van der Waals surface area contributed by atoms with Gasteiger partial charge in [0.15, 0.2) is 6.61 Å². The molecule has 1 fully saturated rings. The monoisotopic (exact) mass is 383 g/mol. The molecule has 2 amide bonds. The Hall–Kier alpha value is -3.49. The summed E-state index contributed by atoms with van der Waals surface area (Å²) in [6.45, 7) is 0.597. The smallest absolute Gasteiger partial charge is 0.308 e. The van der Waals surface area contributed by atoms with E-state index in [4.69, 9.17) is 4.74 Å².